The van der Waals surface area contributed by atoms with E-state index in [9.17, 15) is 14.7 Å². The summed E-state index contributed by atoms with van der Waals surface area (Å²) in [7, 11) is 0. The van der Waals surface area contributed by atoms with Crippen molar-refractivity contribution < 1.29 is 19.4 Å². The van der Waals surface area contributed by atoms with Gasteiger partial charge in [-0.15, -0.1) is 0 Å². The number of aliphatic hydroxyl groups excluding tert-OH is 1. The molecule has 7 nitrogen and oxygen atoms in total. The number of rotatable bonds is 8. The first-order valence-electron chi connectivity index (χ1n) is 15.2. The molecule has 7 heteroatoms. The second kappa shape index (κ2) is 11.2. The molecule has 0 unspecified atom stereocenters. The van der Waals surface area contributed by atoms with Crippen LogP contribution in [0.3, 0.4) is 0 Å². The number of nitrogens with zero attached hydrogens (tertiary/aromatic N) is 3. The van der Waals surface area contributed by atoms with Crippen molar-refractivity contribution in [2.45, 2.75) is 97.5 Å². The van der Waals surface area contributed by atoms with Crippen molar-refractivity contribution in [3.05, 3.63) is 40.3 Å². The molecule has 0 heterocycles. The van der Waals surface area contributed by atoms with Crippen LogP contribution in [0.4, 0.5) is 5.69 Å². The van der Waals surface area contributed by atoms with Crippen LogP contribution in [0.1, 0.15) is 102 Å². The lowest BCUT2D eigenvalue weighted by Crippen LogP contribution is -2.54. The van der Waals surface area contributed by atoms with Crippen LogP contribution in [-0.4, -0.2) is 29.6 Å². The number of aliphatic hydroxyl groups is 1. The molecule has 5 rings (SSSR count). The van der Waals surface area contributed by atoms with Crippen LogP contribution in [0.5, 0.6) is 0 Å². The van der Waals surface area contributed by atoms with Crippen LogP contribution in [-0.2, 0) is 9.53 Å². The quantitative estimate of drug-likeness (QED) is 0.120. The Kier molecular flexibility index (Phi) is 8.13. The Morgan fingerprint density at radius 3 is 2.51 bits per heavy atom. The molecule has 0 aromatic heterocycles. The smallest absolute Gasteiger partial charge is 0.306 e. The SMILES string of the molecule is C[C@H](CCC(=O)OCC(=O)c1ccc(N=[N+]=[N-])cc1)[C@H]1CC[C@H]2[C@@H]3CC[C@@H]4C[C@H](O)CC[C@]4(C)[C@H]3CC[C@]12C. The Bertz CT molecular complexity index is 1110. The molecule has 0 radical (unpaired) electrons. The molecule has 1 N–H and O–H groups in total. The van der Waals surface area contributed by atoms with E-state index in [1.165, 1.54) is 44.9 Å². The fourth-order valence-electron chi connectivity index (χ4n) is 9.82. The van der Waals surface area contributed by atoms with Gasteiger partial charge in [0.15, 0.2) is 12.4 Å². The summed E-state index contributed by atoms with van der Waals surface area (Å²) in [5, 5.41) is 13.8. The monoisotopic (exact) mass is 535 g/mol. The molecule has 0 spiro atoms. The Hall–Kier alpha value is -2.37. The first-order chi connectivity index (χ1) is 18.7. The molecule has 0 saturated heterocycles. The van der Waals surface area contributed by atoms with Crippen molar-refractivity contribution in [2.75, 3.05) is 6.61 Å². The summed E-state index contributed by atoms with van der Waals surface area (Å²) in [4.78, 5) is 27.7. The van der Waals surface area contributed by atoms with Gasteiger partial charge in [0.1, 0.15) is 0 Å². The second-order valence-electron chi connectivity index (χ2n) is 13.6. The maximum atomic E-state index is 12.5. The standard InChI is InChI=1S/C32H45N3O4/c1-20(4-13-30(38)39-19-29(37)21-5-8-23(9-6-21)34-35-33)26-11-12-27-25-10-7-22-18-24(36)14-16-31(22,2)28(25)15-17-32(26,27)3/h5-6,8-9,20,22,24-28,36H,4,7,10-19H2,1-3H3/t20-,22-,24-,25+,26-,27+,28+,31+,32-/m1/s1. The molecule has 1 aromatic rings. The topological polar surface area (TPSA) is 112 Å². The zero-order valence-electron chi connectivity index (χ0n) is 23.8. The van der Waals surface area contributed by atoms with Crippen LogP contribution < -0.4 is 0 Å². The Labute approximate surface area is 232 Å². The molecule has 4 aliphatic rings. The van der Waals surface area contributed by atoms with Gasteiger partial charge in [0.2, 0.25) is 0 Å². The first-order valence-corrected chi connectivity index (χ1v) is 15.2. The normalized spacial score (nSPS) is 37.9. The van der Waals surface area contributed by atoms with Crippen LogP contribution in [0.25, 0.3) is 10.4 Å². The van der Waals surface area contributed by atoms with Gasteiger partial charge in [-0.1, -0.05) is 50.2 Å². The number of azide groups is 1. The van der Waals surface area contributed by atoms with Crippen LogP contribution in [0, 0.1) is 46.3 Å². The average Bonchev–Trinajstić information content (AvgIpc) is 3.28. The van der Waals surface area contributed by atoms with E-state index in [2.05, 4.69) is 30.8 Å². The van der Waals surface area contributed by atoms with E-state index in [4.69, 9.17) is 10.3 Å². The minimum atomic E-state index is -0.310. The van der Waals surface area contributed by atoms with Gasteiger partial charge >= 0.3 is 5.97 Å². The third-order valence-electron chi connectivity index (χ3n) is 11.9. The van der Waals surface area contributed by atoms with E-state index in [1.807, 2.05) is 0 Å². The van der Waals surface area contributed by atoms with Crippen molar-refractivity contribution in [1.29, 1.82) is 0 Å². The molecule has 0 amide bonds. The zero-order chi connectivity index (χ0) is 27.8. The largest absolute Gasteiger partial charge is 0.457 e. The number of ketones is 1. The Morgan fingerprint density at radius 1 is 1.05 bits per heavy atom. The third kappa shape index (κ3) is 5.37. The first kappa shape index (κ1) is 28.2. The summed E-state index contributed by atoms with van der Waals surface area (Å²) >= 11 is 0. The minimum Gasteiger partial charge on any atom is -0.457 e. The maximum absolute atomic E-state index is 12.5. The predicted molar refractivity (Wildman–Crippen MR) is 150 cm³/mol. The Balaban J connectivity index is 1.13. The summed E-state index contributed by atoms with van der Waals surface area (Å²) in [6.45, 7) is 7.14. The molecule has 212 valence electrons. The molecule has 4 saturated carbocycles. The molecule has 39 heavy (non-hydrogen) atoms. The summed E-state index contributed by atoms with van der Waals surface area (Å²) in [6.07, 6.45) is 12.0. The number of hydrogen-bond acceptors (Lipinski definition) is 5. The van der Waals surface area contributed by atoms with Crippen LogP contribution in [0.2, 0.25) is 0 Å². The van der Waals surface area contributed by atoms with Gasteiger partial charge in [0.25, 0.3) is 0 Å². The number of Topliss-reactive ketones (excluding diaryl/α,β-unsaturated/α-hetero) is 1. The van der Waals surface area contributed by atoms with Gasteiger partial charge in [0.05, 0.1) is 6.10 Å². The van der Waals surface area contributed by atoms with Gasteiger partial charge in [-0.25, -0.2) is 0 Å². The Morgan fingerprint density at radius 2 is 1.77 bits per heavy atom. The van der Waals surface area contributed by atoms with Crippen LogP contribution in [0.15, 0.2) is 29.4 Å². The summed E-state index contributed by atoms with van der Waals surface area (Å²) in [5.74, 6) is 3.60. The summed E-state index contributed by atoms with van der Waals surface area (Å²) < 4.78 is 5.33. The number of ether oxygens (including phenoxy) is 1. The second-order valence-corrected chi connectivity index (χ2v) is 13.6. The summed E-state index contributed by atoms with van der Waals surface area (Å²) in [5.41, 5.74) is 10.1. The highest BCUT2D eigenvalue weighted by atomic mass is 16.5. The predicted octanol–water partition coefficient (Wildman–Crippen LogP) is 7.79. The highest BCUT2D eigenvalue weighted by Gasteiger charge is 2.60. The van der Waals surface area contributed by atoms with Crippen molar-refractivity contribution in [3.63, 3.8) is 0 Å². The minimum absolute atomic E-state index is 0.0908. The number of fused-ring (bicyclic) bond motifs is 5. The van der Waals surface area contributed by atoms with Gasteiger partial charge in [-0.3, -0.25) is 9.59 Å². The average molecular weight is 536 g/mol. The van der Waals surface area contributed by atoms with Gasteiger partial charge in [-0.05, 0) is 116 Å². The fraction of sp³-hybridized carbons (Fsp3) is 0.750. The van der Waals surface area contributed by atoms with Gasteiger partial charge < -0.3 is 9.84 Å². The van der Waals surface area contributed by atoms with Crippen molar-refractivity contribution in [1.82, 2.24) is 0 Å². The third-order valence-corrected chi connectivity index (χ3v) is 11.9. The highest BCUT2D eigenvalue weighted by molar-refractivity contribution is 5.98. The molecule has 0 bridgehead atoms. The lowest BCUT2D eigenvalue weighted by Gasteiger charge is -2.61. The number of carbonyl (C=O) groups is 2. The summed E-state index contributed by atoms with van der Waals surface area (Å²) in [6, 6.07) is 6.31. The van der Waals surface area contributed by atoms with Crippen LogP contribution >= 0.6 is 0 Å². The molecular formula is C32H45N3O4. The number of carbonyl (C=O) groups excluding carboxylic acids is 2. The molecule has 9 atom stereocenters. The van der Waals surface area contributed by atoms with Gasteiger partial charge in [0, 0.05) is 22.6 Å². The van der Waals surface area contributed by atoms with E-state index in [-0.39, 0.29) is 24.5 Å². The highest BCUT2D eigenvalue weighted by Crippen LogP contribution is 2.68. The molecule has 4 fully saturated rings. The van der Waals surface area contributed by atoms with E-state index in [0.717, 1.165) is 37.0 Å². The molecule has 1 aromatic carbocycles. The lowest BCUT2D eigenvalue weighted by atomic mass is 9.44. The van der Waals surface area contributed by atoms with Crippen molar-refractivity contribution in [3.8, 4) is 0 Å². The van der Waals surface area contributed by atoms with Gasteiger partial charge in [-0.2, -0.15) is 0 Å². The molecular weight excluding hydrogens is 490 g/mol. The molecule has 4 aliphatic carbocycles. The van der Waals surface area contributed by atoms with E-state index in [1.54, 1.807) is 24.3 Å². The van der Waals surface area contributed by atoms with Crippen molar-refractivity contribution in [2.24, 2.45) is 51.5 Å². The lowest BCUT2D eigenvalue weighted by molar-refractivity contribution is -0.143. The number of esters is 1. The van der Waals surface area contributed by atoms with E-state index < -0.39 is 0 Å². The number of hydrogen-bond donors (Lipinski definition) is 1. The molecule has 0 aliphatic heterocycles. The maximum Gasteiger partial charge on any atom is 0.306 e. The number of benzene rings is 1. The fourth-order valence-corrected chi connectivity index (χ4v) is 9.82. The van der Waals surface area contributed by atoms with E-state index in [0.29, 0.717) is 46.3 Å². The van der Waals surface area contributed by atoms with Crippen molar-refractivity contribution >= 4 is 17.4 Å². The van der Waals surface area contributed by atoms with E-state index >= 15 is 0 Å². The zero-order valence-corrected chi connectivity index (χ0v) is 23.8.